The molecule has 0 aliphatic heterocycles. The van der Waals surface area contributed by atoms with Crippen LogP contribution in [0.3, 0.4) is 0 Å². The van der Waals surface area contributed by atoms with Crippen molar-refractivity contribution < 1.29 is 21.6 Å². The lowest BCUT2D eigenvalue weighted by molar-refractivity contribution is -0.0610. The average molecular weight is 282 g/mol. The Morgan fingerprint density at radius 2 is 2.00 bits per heavy atom. The molecule has 0 spiro atoms. The lowest BCUT2D eigenvalue weighted by atomic mass is 10.4. The topological polar surface area (TPSA) is 100 Å². The van der Waals surface area contributed by atoms with Gasteiger partial charge in [0.25, 0.3) is 0 Å². The molecule has 0 saturated heterocycles. The number of hydrogen-bond acceptors (Lipinski definition) is 5. The molecule has 18 heavy (non-hydrogen) atoms. The summed E-state index contributed by atoms with van der Waals surface area (Å²) in [5.74, 6) is 3.30. The number of nitrogens with two attached hydrogens (primary N) is 1. The zero-order valence-electron chi connectivity index (χ0n) is 9.06. The van der Waals surface area contributed by atoms with Crippen molar-refractivity contribution in [2.24, 2.45) is 5.84 Å². The van der Waals surface area contributed by atoms with E-state index in [0.717, 1.165) is 24.6 Å². The van der Waals surface area contributed by atoms with Crippen LogP contribution in [-0.2, 0) is 9.84 Å². The number of nitrogens with zero attached hydrogens (tertiary/aromatic N) is 2. The van der Waals surface area contributed by atoms with Gasteiger partial charge in [0.1, 0.15) is 0 Å². The highest BCUT2D eigenvalue weighted by Gasteiger charge is 2.38. The molecule has 0 amide bonds. The number of halogens is 3. The molecule has 0 radical (unpaired) electrons. The van der Waals surface area contributed by atoms with Crippen molar-refractivity contribution in [3.63, 3.8) is 0 Å². The fraction of sp³-hybridized carbons (Fsp3) is 0.250. The normalized spacial score (nSPS) is 12.3. The number of hydrogen-bond donors (Lipinski definition) is 2. The second-order valence-electron chi connectivity index (χ2n) is 3.34. The van der Waals surface area contributed by atoms with Gasteiger partial charge in [0.2, 0.25) is 5.84 Å². The molecule has 0 atom stereocenters. The van der Waals surface area contributed by atoms with Gasteiger partial charge in [-0.3, -0.25) is 10.4 Å². The molecule has 1 rings (SSSR count). The third-order valence-electron chi connectivity index (χ3n) is 1.89. The van der Waals surface area contributed by atoms with Crippen molar-refractivity contribution in [3.05, 3.63) is 18.3 Å². The van der Waals surface area contributed by atoms with Gasteiger partial charge >= 0.3 is 6.18 Å². The van der Waals surface area contributed by atoms with Crippen LogP contribution in [-0.4, -0.2) is 31.7 Å². The number of rotatable bonds is 2. The second kappa shape index (κ2) is 4.53. The lowest BCUT2D eigenvalue weighted by Crippen LogP contribution is -2.45. The van der Waals surface area contributed by atoms with Crippen LogP contribution in [0.4, 0.5) is 18.9 Å². The third-order valence-corrected chi connectivity index (χ3v) is 2.89. The predicted molar refractivity (Wildman–Crippen MR) is 57.8 cm³/mol. The fourth-order valence-electron chi connectivity index (χ4n) is 1.00. The number of aromatic nitrogens is 1. The Balaban J connectivity index is 3.03. The van der Waals surface area contributed by atoms with Crippen molar-refractivity contribution in [1.82, 2.24) is 4.98 Å². The van der Waals surface area contributed by atoms with Crippen LogP contribution < -0.4 is 10.9 Å². The van der Waals surface area contributed by atoms with E-state index in [1.54, 1.807) is 0 Å². The Hall–Kier alpha value is -1.68. The number of alkyl halides is 3. The van der Waals surface area contributed by atoms with Gasteiger partial charge in [-0.25, -0.2) is 19.2 Å². The minimum Gasteiger partial charge on any atom is -0.279 e. The highest BCUT2D eigenvalue weighted by atomic mass is 32.2. The quantitative estimate of drug-likeness (QED) is 0.360. The standard InChI is InChI=1S/C8H9F3N4O2S/c1-18(16,17)6-3-2-5(4-14-6)15(13)7(12)8(9,10)11/h2-4,12H,13H2,1H3. The molecule has 3 N–H and O–H groups in total. The van der Waals surface area contributed by atoms with Crippen LogP contribution in [0.25, 0.3) is 0 Å². The molecular weight excluding hydrogens is 273 g/mol. The number of hydrazine groups is 1. The Kier molecular flexibility index (Phi) is 3.62. The van der Waals surface area contributed by atoms with E-state index >= 15 is 0 Å². The first-order valence-corrected chi connectivity index (χ1v) is 6.29. The molecule has 0 bridgehead atoms. The maximum absolute atomic E-state index is 12.2. The summed E-state index contributed by atoms with van der Waals surface area (Å²) in [5, 5.41) is 6.57. The molecular formula is C8H9F3N4O2S. The van der Waals surface area contributed by atoms with Gasteiger partial charge in [0.05, 0.1) is 11.9 Å². The summed E-state index contributed by atoms with van der Waals surface area (Å²) in [6.07, 6.45) is -3.14. The Morgan fingerprint density at radius 1 is 1.44 bits per heavy atom. The van der Waals surface area contributed by atoms with Crippen LogP contribution >= 0.6 is 0 Å². The Bertz CT molecular complexity index is 553. The molecule has 0 fully saturated rings. The molecule has 1 aromatic rings. The van der Waals surface area contributed by atoms with Gasteiger partial charge < -0.3 is 0 Å². The number of anilines is 1. The van der Waals surface area contributed by atoms with E-state index < -0.39 is 21.8 Å². The summed E-state index contributed by atoms with van der Waals surface area (Å²) < 4.78 is 58.7. The van der Waals surface area contributed by atoms with Gasteiger partial charge in [-0.15, -0.1) is 0 Å². The number of amidine groups is 1. The van der Waals surface area contributed by atoms with Crippen LogP contribution in [0.2, 0.25) is 0 Å². The highest BCUT2D eigenvalue weighted by Crippen LogP contribution is 2.21. The van der Waals surface area contributed by atoms with Crippen LogP contribution in [0.5, 0.6) is 0 Å². The predicted octanol–water partition coefficient (Wildman–Crippen LogP) is 0.705. The van der Waals surface area contributed by atoms with Crippen molar-refractivity contribution in [2.75, 3.05) is 11.3 Å². The van der Waals surface area contributed by atoms with Crippen LogP contribution in [0, 0.1) is 5.41 Å². The summed E-state index contributed by atoms with van der Waals surface area (Å²) in [6.45, 7) is 0. The molecule has 0 saturated carbocycles. The molecule has 0 unspecified atom stereocenters. The Labute approximate surface area is 101 Å². The molecule has 1 heterocycles. The van der Waals surface area contributed by atoms with Crippen LogP contribution in [0.15, 0.2) is 23.4 Å². The number of pyridine rings is 1. The number of nitrogens with one attached hydrogen (secondary N) is 1. The van der Waals surface area contributed by atoms with Crippen LogP contribution in [0.1, 0.15) is 0 Å². The Morgan fingerprint density at radius 3 is 2.33 bits per heavy atom. The SMILES string of the molecule is CS(=O)(=O)c1ccc(N(N)C(=N)C(F)(F)F)cn1. The summed E-state index contributed by atoms with van der Waals surface area (Å²) in [5.41, 5.74) is -0.246. The molecule has 6 nitrogen and oxygen atoms in total. The minimum absolute atomic E-state index is 0.0685. The first-order chi connectivity index (χ1) is 8.03. The first kappa shape index (κ1) is 14.4. The molecule has 1 aromatic heterocycles. The van der Waals surface area contributed by atoms with E-state index in [0.29, 0.717) is 0 Å². The van der Waals surface area contributed by atoms with Gasteiger partial charge in [-0.2, -0.15) is 13.2 Å². The monoisotopic (exact) mass is 282 g/mol. The first-order valence-electron chi connectivity index (χ1n) is 4.40. The molecule has 0 aliphatic rings. The molecule has 10 heteroatoms. The minimum atomic E-state index is -4.90. The lowest BCUT2D eigenvalue weighted by Gasteiger charge is -2.20. The fourth-order valence-corrected chi connectivity index (χ4v) is 1.56. The van der Waals surface area contributed by atoms with E-state index in [4.69, 9.17) is 11.3 Å². The third kappa shape index (κ3) is 3.17. The van der Waals surface area contributed by atoms with Gasteiger partial charge in [0.15, 0.2) is 14.9 Å². The summed E-state index contributed by atoms with van der Waals surface area (Å²) in [4.78, 5) is 3.46. The van der Waals surface area contributed by atoms with Crippen molar-refractivity contribution >= 4 is 21.4 Å². The van der Waals surface area contributed by atoms with Crippen molar-refractivity contribution in [3.8, 4) is 0 Å². The summed E-state index contributed by atoms with van der Waals surface area (Å²) in [6, 6.07) is 2.04. The summed E-state index contributed by atoms with van der Waals surface area (Å²) in [7, 11) is -3.54. The highest BCUT2D eigenvalue weighted by molar-refractivity contribution is 7.90. The van der Waals surface area contributed by atoms with Crippen molar-refractivity contribution in [1.29, 1.82) is 5.41 Å². The molecule has 0 aliphatic carbocycles. The van der Waals surface area contributed by atoms with E-state index in [2.05, 4.69) is 4.98 Å². The number of sulfone groups is 1. The zero-order chi connectivity index (χ0) is 14.1. The molecule has 0 aromatic carbocycles. The van der Waals surface area contributed by atoms with E-state index in [1.165, 1.54) is 0 Å². The van der Waals surface area contributed by atoms with E-state index in [1.807, 2.05) is 0 Å². The summed E-state index contributed by atoms with van der Waals surface area (Å²) >= 11 is 0. The smallest absolute Gasteiger partial charge is 0.279 e. The maximum Gasteiger partial charge on any atom is 0.450 e. The average Bonchev–Trinajstić information content (AvgIpc) is 2.25. The molecule has 100 valence electrons. The largest absolute Gasteiger partial charge is 0.450 e. The van der Waals surface area contributed by atoms with E-state index in [9.17, 15) is 21.6 Å². The zero-order valence-corrected chi connectivity index (χ0v) is 9.88. The maximum atomic E-state index is 12.2. The van der Waals surface area contributed by atoms with E-state index in [-0.39, 0.29) is 15.7 Å². The second-order valence-corrected chi connectivity index (χ2v) is 5.31. The van der Waals surface area contributed by atoms with Gasteiger partial charge in [0, 0.05) is 6.26 Å². The van der Waals surface area contributed by atoms with Gasteiger partial charge in [-0.05, 0) is 12.1 Å². The van der Waals surface area contributed by atoms with Gasteiger partial charge in [-0.1, -0.05) is 0 Å². The van der Waals surface area contributed by atoms with Crippen molar-refractivity contribution in [2.45, 2.75) is 11.2 Å².